The number of unbranched alkanes of at least 4 members (excludes halogenated alkanes) is 15. The van der Waals surface area contributed by atoms with Gasteiger partial charge in [-0.05, 0) is 30.2 Å². The number of hydrogen-bond donors (Lipinski definition) is 1. The molecule has 3 nitrogen and oxygen atoms in total. The Labute approximate surface area is 229 Å². The Balaban J connectivity index is 1.14. The number of H-pyrrole nitrogens is 1. The van der Waals surface area contributed by atoms with Crippen molar-refractivity contribution >= 4 is 21.8 Å². The highest BCUT2D eigenvalue weighted by Crippen LogP contribution is 2.26. The summed E-state index contributed by atoms with van der Waals surface area (Å²) in [7, 11) is 0. The third-order valence-electron chi connectivity index (χ3n) is 8.08. The van der Waals surface area contributed by atoms with Gasteiger partial charge in [0, 0.05) is 35.4 Å². The number of hydrogen-bond acceptors (Lipinski definition) is 1. The molecule has 2 heterocycles. The van der Waals surface area contributed by atoms with Crippen molar-refractivity contribution in [2.24, 2.45) is 0 Å². The van der Waals surface area contributed by atoms with Crippen molar-refractivity contribution in [1.29, 1.82) is 0 Å². The van der Waals surface area contributed by atoms with Crippen LogP contribution in [0.5, 0.6) is 0 Å². The quantitative estimate of drug-likeness (QED) is 0.132. The summed E-state index contributed by atoms with van der Waals surface area (Å²) in [5.74, 6) is 0. The van der Waals surface area contributed by atoms with Crippen LogP contribution in [0.3, 0.4) is 0 Å². The molecule has 0 saturated heterocycles. The van der Waals surface area contributed by atoms with Crippen LogP contribution in [0.15, 0.2) is 65.6 Å². The van der Waals surface area contributed by atoms with Crippen LogP contribution in [0.25, 0.3) is 33.1 Å². The van der Waals surface area contributed by atoms with Crippen molar-refractivity contribution in [3.63, 3.8) is 0 Å². The van der Waals surface area contributed by atoms with E-state index >= 15 is 0 Å². The lowest BCUT2D eigenvalue weighted by molar-refractivity contribution is 0.522. The Morgan fingerprint density at radius 2 is 1.24 bits per heavy atom. The van der Waals surface area contributed by atoms with Gasteiger partial charge in [-0.25, -0.2) is 0 Å². The molecule has 0 bridgehead atoms. The van der Waals surface area contributed by atoms with E-state index in [1.54, 1.807) is 6.07 Å². The minimum atomic E-state index is 0.0864. The second-order valence-corrected chi connectivity index (χ2v) is 11.1. The molecule has 0 spiro atoms. The van der Waals surface area contributed by atoms with Crippen molar-refractivity contribution in [2.45, 2.75) is 116 Å². The SMILES string of the molecule is CCCCCCCCCCCCCCCCCCn1ccc2c3c(=O)cc(-c4ccccc4)[nH]c3ccc21. The summed E-state index contributed by atoms with van der Waals surface area (Å²) >= 11 is 0. The van der Waals surface area contributed by atoms with Crippen LogP contribution < -0.4 is 5.43 Å². The smallest absolute Gasteiger partial charge is 0.190 e. The fourth-order valence-electron chi connectivity index (χ4n) is 5.83. The zero-order chi connectivity index (χ0) is 26.4. The van der Waals surface area contributed by atoms with Gasteiger partial charge in [0.1, 0.15) is 0 Å². The number of aromatic amines is 1. The molecule has 0 amide bonds. The van der Waals surface area contributed by atoms with E-state index in [-0.39, 0.29) is 5.43 Å². The van der Waals surface area contributed by atoms with Crippen LogP contribution in [0.4, 0.5) is 0 Å². The van der Waals surface area contributed by atoms with E-state index in [1.807, 2.05) is 30.3 Å². The molecule has 1 N–H and O–H groups in total. The Hall–Kier alpha value is -2.81. The van der Waals surface area contributed by atoms with E-state index in [1.165, 1.54) is 103 Å². The first kappa shape index (κ1) is 28.2. The molecule has 204 valence electrons. The molecular formula is C35H48N2O. The topological polar surface area (TPSA) is 37.8 Å². The molecule has 2 aromatic heterocycles. The second kappa shape index (κ2) is 15.6. The van der Waals surface area contributed by atoms with Crippen molar-refractivity contribution in [1.82, 2.24) is 9.55 Å². The summed E-state index contributed by atoms with van der Waals surface area (Å²) in [5.41, 5.74) is 4.06. The van der Waals surface area contributed by atoms with Crippen molar-refractivity contribution in [3.05, 3.63) is 71.0 Å². The molecule has 0 aliphatic rings. The summed E-state index contributed by atoms with van der Waals surface area (Å²) < 4.78 is 2.32. The highest BCUT2D eigenvalue weighted by molar-refractivity contribution is 6.05. The van der Waals surface area contributed by atoms with Gasteiger partial charge in [0.15, 0.2) is 5.43 Å². The number of nitrogens with one attached hydrogen (secondary N) is 1. The molecule has 4 aromatic rings. The highest BCUT2D eigenvalue weighted by atomic mass is 16.1. The number of pyridine rings is 1. The van der Waals surface area contributed by atoms with E-state index in [0.29, 0.717) is 0 Å². The Bertz CT molecular complexity index is 1280. The summed E-state index contributed by atoms with van der Waals surface area (Å²) in [6.07, 6.45) is 24.4. The summed E-state index contributed by atoms with van der Waals surface area (Å²) in [6, 6.07) is 18.1. The van der Waals surface area contributed by atoms with E-state index < -0.39 is 0 Å². The standard InChI is InChI=1S/C35H48N2O/c1-2-3-4-5-6-7-8-9-10-11-12-13-14-15-16-20-26-37-27-25-30-33(37)24-23-31-35(30)34(38)28-32(36-31)29-21-18-17-19-22-29/h17-19,21-25,27-28H,2-16,20,26H2,1H3,(H,36,38). The van der Waals surface area contributed by atoms with Crippen LogP contribution >= 0.6 is 0 Å². The summed E-state index contributed by atoms with van der Waals surface area (Å²) in [4.78, 5) is 16.6. The Morgan fingerprint density at radius 3 is 1.84 bits per heavy atom. The second-order valence-electron chi connectivity index (χ2n) is 11.1. The van der Waals surface area contributed by atoms with Crippen LogP contribution in [0, 0.1) is 0 Å². The molecule has 0 fully saturated rings. The lowest BCUT2D eigenvalue weighted by Gasteiger charge is -2.08. The van der Waals surface area contributed by atoms with Gasteiger partial charge in [-0.3, -0.25) is 4.79 Å². The number of nitrogens with zero attached hydrogens (tertiary/aromatic N) is 1. The Morgan fingerprint density at radius 1 is 0.658 bits per heavy atom. The lowest BCUT2D eigenvalue weighted by Crippen LogP contribution is -2.04. The molecular weight excluding hydrogens is 464 g/mol. The molecule has 4 rings (SSSR count). The normalized spacial score (nSPS) is 11.6. The number of fused-ring (bicyclic) bond motifs is 3. The predicted molar refractivity (Wildman–Crippen MR) is 165 cm³/mol. The van der Waals surface area contributed by atoms with Gasteiger partial charge in [0.2, 0.25) is 0 Å². The molecule has 0 saturated carbocycles. The molecule has 3 heteroatoms. The number of rotatable bonds is 18. The Kier molecular flexibility index (Phi) is 11.6. The first-order chi connectivity index (χ1) is 18.8. The average Bonchev–Trinajstić information content (AvgIpc) is 3.36. The van der Waals surface area contributed by atoms with Crippen molar-refractivity contribution in [3.8, 4) is 11.3 Å². The van der Waals surface area contributed by atoms with Gasteiger partial charge in [-0.15, -0.1) is 0 Å². The molecule has 0 aliphatic carbocycles. The van der Waals surface area contributed by atoms with Crippen molar-refractivity contribution < 1.29 is 0 Å². The maximum atomic E-state index is 13.1. The minimum absolute atomic E-state index is 0.0864. The zero-order valence-corrected chi connectivity index (χ0v) is 23.6. The lowest BCUT2D eigenvalue weighted by atomic mass is 10.0. The monoisotopic (exact) mass is 512 g/mol. The largest absolute Gasteiger partial charge is 0.354 e. The number of aryl methyl sites for hydroxylation is 1. The third-order valence-corrected chi connectivity index (χ3v) is 8.08. The van der Waals surface area contributed by atoms with Gasteiger partial charge in [0.25, 0.3) is 0 Å². The first-order valence-electron chi connectivity index (χ1n) is 15.5. The third kappa shape index (κ3) is 8.09. The van der Waals surface area contributed by atoms with E-state index in [0.717, 1.165) is 39.6 Å². The fourth-order valence-corrected chi connectivity index (χ4v) is 5.83. The highest BCUT2D eigenvalue weighted by Gasteiger charge is 2.10. The van der Waals surface area contributed by atoms with E-state index in [2.05, 4.69) is 40.9 Å². The van der Waals surface area contributed by atoms with Crippen LogP contribution in [-0.4, -0.2) is 9.55 Å². The predicted octanol–water partition coefficient (Wildman–Crippen LogP) is 10.4. The van der Waals surface area contributed by atoms with E-state index in [4.69, 9.17) is 0 Å². The first-order valence-corrected chi connectivity index (χ1v) is 15.5. The van der Waals surface area contributed by atoms with Gasteiger partial charge in [-0.2, -0.15) is 0 Å². The molecule has 0 aliphatic heterocycles. The maximum Gasteiger partial charge on any atom is 0.190 e. The molecule has 0 radical (unpaired) electrons. The summed E-state index contributed by atoms with van der Waals surface area (Å²) in [6.45, 7) is 3.31. The zero-order valence-electron chi connectivity index (χ0n) is 23.6. The van der Waals surface area contributed by atoms with Crippen molar-refractivity contribution in [2.75, 3.05) is 0 Å². The molecule has 0 atom stereocenters. The van der Waals surface area contributed by atoms with Gasteiger partial charge in [0.05, 0.1) is 10.9 Å². The number of aromatic nitrogens is 2. The fraction of sp³-hybridized carbons (Fsp3) is 0.514. The van der Waals surface area contributed by atoms with Gasteiger partial charge >= 0.3 is 0 Å². The molecule has 0 unspecified atom stereocenters. The van der Waals surface area contributed by atoms with E-state index in [9.17, 15) is 4.79 Å². The molecule has 38 heavy (non-hydrogen) atoms. The van der Waals surface area contributed by atoms with Crippen LogP contribution in [0.2, 0.25) is 0 Å². The number of benzene rings is 2. The van der Waals surface area contributed by atoms with Crippen LogP contribution in [0.1, 0.15) is 110 Å². The average molecular weight is 513 g/mol. The van der Waals surface area contributed by atoms with Gasteiger partial charge < -0.3 is 9.55 Å². The minimum Gasteiger partial charge on any atom is -0.354 e. The maximum absolute atomic E-state index is 13.1. The van der Waals surface area contributed by atoms with Gasteiger partial charge in [-0.1, -0.05) is 134 Å². The summed E-state index contributed by atoms with van der Waals surface area (Å²) in [5, 5.41) is 1.85. The van der Waals surface area contributed by atoms with Crippen LogP contribution in [-0.2, 0) is 6.54 Å². The molecule has 2 aromatic carbocycles.